The molecule has 2 saturated heterocycles. The summed E-state index contributed by atoms with van der Waals surface area (Å²) in [6.07, 6.45) is 6.32. The molecule has 30 heavy (non-hydrogen) atoms. The van der Waals surface area contributed by atoms with E-state index in [1.165, 1.54) is 24.8 Å². The molecule has 2 amide bonds. The Bertz CT molecular complexity index is 737. The van der Waals surface area contributed by atoms with Crippen molar-refractivity contribution in [1.82, 2.24) is 15.1 Å². The first-order chi connectivity index (χ1) is 14.6. The van der Waals surface area contributed by atoms with Crippen molar-refractivity contribution in [3.8, 4) is 0 Å². The van der Waals surface area contributed by atoms with E-state index in [4.69, 9.17) is 4.74 Å². The van der Waals surface area contributed by atoms with Gasteiger partial charge in [-0.05, 0) is 25.3 Å². The van der Waals surface area contributed by atoms with Crippen LogP contribution in [0.4, 0.5) is 0 Å². The van der Waals surface area contributed by atoms with E-state index in [1.54, 1.807) is 0 Å². The molecule has 6 nitrogen and oxygen atoms in total. The third-order valence-electron chi connectivity index (χ3n) is 7.14. The Morgan fingerprint density at radius 3 is 2.53 bits per heavy atom. The highest BCUT2D eigenvalue weighted by Gasteiger charge is 2.40. The first-order valence-electron chi connectivity index (χ1n) is 11.5. The average Bonchev–Trinajstić information content (AvgIpc) is 3.15. The van der Waals surface area contributed by atoms with Crippen LogP contribution in [-0.4, -0.2) is 66.5 Å². The van der Waals surface area contributed by atoms with Gasteiger partial charge in [0.2, 0.25) is 11.8 Å². The van der Waals surface area contributed by atoms with E-state index in [2.05, 4.69) is 41.4 Å². The summed E-state index contributed by atoms with van der Waals surface area (Å²) in [5.74, 6) is -0.127. The predicted octanol–water partition coefficient (Wildman–Crippen LogP) is 2.49. The fourth-order valence-corrected chi connectivity index (χ4v) is 5.26. The second-order valence-corrected chi connectivity index (χ2v) is 9.26. The predicted molar refractivity (Wildman–Crippen MR) is 116 cm³/mol. The lowest BCUT2D eigenvalue weighted by molar-refractivity contribution is -0.129. The van der Waals surface area contributed by atoms with Gasteiger partial charge >= 0.3 is 0 Å². The Hall–Kier alpha value is -1.92. The minimum atomic E-state index is -0.242. The van der Waals surface area contributed by atoms with Gasteiger partial charge in [-0.15, -0.1) is 0 Å². The summed E-state index contributed by atoms with van der Waals surface area (Å²) in [5, 5.41) is 3.24. The normalized spacial score (nSPS) is 24.8. The topological polar surface area (TPSA) is 61.9 Å². The fraction of sp³-hybridized carbons (Fsp3) is 0.667. The third-order valence-corrected chi connectivity index (χ3v) is 7.14. The maximum absolute atomic E-state index is 13.0. The maximum atomic E-state index is 13.0. The Morgan fingerprint density at radius 2 is 1.83 bits per heavy atom. The van der Waals surface area contributed by atoms with Crippen LogP contribution < -0.4 is 5.32 Å². The summed E-state index contributed by atoms with van der Waals surface area (Å²) in [6.45, 7) is 7.30. The molecule has 0 bridgehead atoms. The number of morpholine rings is 1. The molecule has 0 radical (unpaired) electrons. The minimum Gasteiger partial charge on any atom is -0.379 e. The van der Waals surface area contributed by atoms with Crippen LogP contribution in [0.2, 0.25) is 0 Å². The number of nitrogens with one attached hydrogen (secondary N) is 1. The summed E-state index contributed by atoms with van der Waals surface area (Å²) < 4.78 is 5.55. The van der Waals surface area contributed by atoms with E-state index < -0.39 is 0 Å². The number of hydrogen-bond donors (Lipinski definition) is 1. The Labute approximate surface area is 179 Å². The van der Waals surface area contributed by atoms with E-state index >= 15 is 0 Å². The number of carbonyl (C=O) groups excluding carboxylic acids is 2. The Kier molecular flexibility index (Phi) is 6.74. The highest BCUT2D eigenvalue weighted by molar-refractivity contribution is 5.89. The SMILES string of the molecule is Cc1ccc(CN2C[C@@H](C(=O)NCC3(N4CCOCC4)CCCCC3)CC2=O)cc1. The van der Waals surface area contributed by atoms with E-state index in [-0.39, 0.29) is 23.3 Å². The molecule has 3 aliphatic rings. The summed E-state index contributed by atoms with van der Waals surface area (Å²) in [5.41, 5.74) is 2.38. The van der Waals surface area contributed by atoms with Crippen LogP contribution in [0.1, 0.15) is 49.7 Å². The lowest BCUT2D eigenvalue weighted by atomic mass is 9.79. The molecule has 3 fully saturated rings. The van der Waals surface area contributed by atoms with Gasteiger partial charge in [0, 0.05) is 44.7 Å². The van der Waals surface area contributed by atoms with Crippen LogP contribution in [0, 0.1) is 12.8 Å². The highest BCUT2D eigenvalue weighted by Crippen LogP contribution is 2.34. The van der Waals surface area contributed by atoms with Crippen LogP contribution in [0.3, 0.4) is 0 Å². The van der Waals surface area contributed by atoms with Crippen molar-refractivity contribution in [1.29, 1.82) is 0 Å². The zero-order chi connectivity index (χ0) is 21.0. The van der Waals surface area contributed by atoms with Crippen molar-refractivity contribution in [3.05, 3.63) is 35.4 Å². The molecule has 1 aliphatic carbocycles. The van der Waals surface area contributed by atoms with E-state index in [0.717, 1.165) is 44.7 Å². The number of rotatable bonds is 6. The number of benzene rings is 1. The van der Waals surface area contributed by atoms with Gasteiger partial charge in [0.15, 0.2) is 0 Å². The monoisotopic (exact) mass is 413 g/mol. The van der Waals surface area contributed by atoms with E-state index in [0.29, 0.717) is 26.1 Å². The number of ether oxygens (including phenoxy) is 1. The molecule has 0 unspecified atom stereocenters. The molecule has 1 atom stereocenters. The van der Waals surface area contributed by atoms with Crippen molar-refractivity contribution >= 4 is 11.8 Å². The van der Waals surface area contributed by atoms with E-state index in [9.17, 15) is 9.59 Å². The molecule has 0 spiro atoms. The Balaban J connectivity index is 1.33. The number of carbonyl (C=O) groups is 2. The second kappa shape index (κ2) is 9.48. The molecule has 4 rings (SSSR count). The van der Waals surface area contributed by atoms with Crippen molar-refractivity contribution < 1.29 is 14.3 Å². The van der Waals surface area contributed by atoms with Gasteiger partial charge in [0.1, 0.15) is 0 Å². The average molecular weight is 414 g/mol. The van der Waals surface area contributed by atoms with Gasteiger partial charge in [-0.2, -0.15) is 0 Å². The van der Waals surface area contributed by atoms with Crippen molar-refractivity contribution in [2.45, 2.75) is 57.5 Å². The molecule has 1 aromatic carbocycles. The third kappa shape index (κ3) is 4.86. The van der Waals surface area contributed by atoms with Crippen LogP contribution in [0.15, 0.2) is 24.3 Å². The molecular formula is C24H35N3O3. The lowest BCUT2D eigenvalue weighted by Crippen LogP contribution is -2.60. The van der Waals surface area contributed by atoms with Gasteiger partial charge in [-0.1, -0.05) is 49.1 Å². The molecule has 164 valence electrons. The smallest absolute Gasteiger partial charge is 0.225 e. The molecule has 1 saturated carbocycles. The van der Waals surface area contributed by atoms with Gasteiger partial charge in [-0.3, -0.25) is 14.5 Å². The minimum absolute atomic E-state index is 0.0352. The fourth-order valence-electron chi connectivity index (χ4n) is 5.26. The lowest BCUT2D eigenvalue weighted by Gasteiger charge is -2.48. The van der Waals surface area contributed by atoms with Crippen LogP contribution in [0.5, 0.6) is 0 Å². The number of aryl methyl sites for hydroxylation is 1. The summed E-state index contributed by atoms with van der Waals surface area (Å²) in [6, 6.07) is 8.25. The maximum Gasteiger partial charge on any atom is 0.225 e. The molecule has 6 heteroatoms. The second-order valence-electron chi connectivity index (χ2n) is 9.26. The van der Waals surface area contributed by atoms with Crippen molar-refractivity contribution in [3.63, 3.8) is 0 Å². The van der Waals surface area contributed by atoms with Crippen molar-refractivity contribution in [2.75, 3.05) is 39.4 Å². The number of nitrogens with zero attached hydrogens (tertiary/aromatic N) is 2. The summed E-state index contributed by atoms with van der Waals surface area (Å²) in [4.78, 5) is 29.8. The van der Waals surface area contributed by atoms with Gasteiger partial charge < -0.3 is 15.0 Å². The van der Waals surface area contributed by atoms with Gasteiger partial charge in [0.05, 0.1) is 19.1 Å². The number of hydrogen-bond acceptors (Lipinski definition) is 4. The first kappa shape index (κ1) is 21.3. The first-order valence-corrected chi connectivity index (χ1v) is 11.5. The number of likely N-dealkylation sites (tertiary alicyclic amines) is 1. The standard InChI is InChI=1S/C24H35N3O3/c1-19-5-7-20(8-6-19)16-26-17-21(15-22(26)28)23(29)25-18-24(9-3-2-4-10-24)27-11-13-30-14-12-27/h5-8,21H,2-4,9-18H2,1H3,(H,25,29)/t21-/m0/s1. The molecular weight excluding hydrogens is 378 g/mol. The van der Waals surface area contributed by atoms with Gasteiger partial charge in [-0.25, -0.2) is 0 Å². The van der Waals surface area contributed by atoms with Crippen molar-refractivity contribution in [2.24, 2.45) is 5.92 Å². The van der Waals surface area contributed by atoms with Crippen LogP contribution >= 0.6 is 0 Å². The molecule has 0 aromatic heterocycles. The summed E-state index contributed by atoms with van der Waals surface area (Å²) in [7, 11) is 0. The molecule has 2 heterocycles. The molecule has 1 N–H and O–H groups in total. The number of amides is 2. The van der Waals surface area contributed by atoms with Gasteiger partial charge in [0.25, 0.3) is 0 Å². The quantitative estimate of drug-likeness (QED) is 0.778. The summed E-state index contributed by atoms with van der Waals surface area (Å²) >= 11 is 0. The van der Waals surface area contributed by atoms with Crippen LogP contribution in [0.25, 0.3) is 0 Å². The zero-order valence-corrected chi connectivity index (χ0v) is 18.2. The highest BCUT2D eigenvalue weighted by atomic mass is 16.5. The largest absolute Gasteiger partial charge is 0.379 e. The molecule has 2 aliphatic heterocycles. The van der Waals surface area contributed by atoms with E-state index in [1.807, 2.05) is 4.90 Å². The Morgan fingerprint density at radius 1 is 1.13 bits per heavy atom. The zero-order valence-electron chi connectivity index (χ0n) is 18.2. The molecule has 1 aromatic rings. The van der Waals surface area contributed by atoms with Crippen LogP contribution in [-0.2, 0) is 20.9 Å².